The average Bonchev–Trinajstić information content (AvgIpc) is 3.34. The van der Waals surface area contributed by atoms with Gasteiger partial charge in [0.2, 0.25) is 0 Å². The molecule has 0 fully saturated rings. The van der Waals surface area contributed by atoms with Gasteiger partial charge >= 0.3 is 7.12 Å². The maximum atomic E-state index is 3.51. The van der Waals surface area contributed by atoms with Crippen molar-refractivity contribution in [2.24, 2.45) is 0 Å². The summed E-state index contributed by atoms with van der Waals surface area (Å²) in [5, 5.41) is 0. The van der Waals surface area contributed by atoms with Crippen molar-refractivity contribution in [2.75, 3.05) is 7.05 Å². The van der Waals surface area contributed by atoms with Crippen molar-refractivity contribution in [1.29, 1.82) is 0 Å². The monoisotopic (exact) mass is 431 g/mol. The van der Waals surface area contributed by atoms with Gasteiger partial charge in [0.05, 0.1) is 11.4 Å². The van der Waals surface area contributed by atoms with E-state index in [-0.39, 0.29) is 7.12 Å². The fourth-order valence-electron chi connectivity index (χ4n) is 4.07. The normalized spacial score (nSPS) is 15.1. The molecule has 0 radical (unpaired) electrons. The van der Waals surface area contributed by atoms with Gasteiger partial charge in [-0.3, -0.25) is 0 Å². The van der Waals surface area contributed by atoms with Crippen LogP contribution in [0.25, 0.3) is 0 Å². The second-order valence-corrected chi connectivity index (χ2v) is 19.6. The Morgan fingerprint density at radius 1 is 0.767 bits per heavy atom. The Bertz CT molecular complexity index is 898. The summed E-state index contributed by atoms with van der Waals surface area (Å²) in [5.41, 5.74) is 10.7. The highest BCUT2D eigenvalue weighted by molar-refractivity contribution is 6.88. The zero-order chi connectivity index (χ0) is 21.9. The molecule has 0 aromatic heterocycles. The van der Waals surface area contributed by atoms with Gasteiger partial charge in [0, 0.05) is 6.54 Å². The van der Waals surface area contributed by atoms with E-state index in [1.54, 1.807) is 0 Å². The first kappa shape index (κ1) is 22.5. The Morgan fingerprint density at radius 3 is 1.60 bits per heavy atom. The third kappa shape index (κ3) is 5.10. The predicted molar refractivity (Wildman–Crippen MR) is 136 cm³/mol. The maximum absolute atomic E-state index is 3.51. The van der Waals surface area contributed by atoms with E-state index in [0.29, 0.717) is 0 Å². The third-order valence-corrected chi connectivity index (χ3v) is 9.09. The average molecular weight is 432 g/mol. The van der Waals surface area contributed by atoms with Crippen LogP contribution in [-0.2, 0) is 6.54 Å². The second-order valence-electron chi connectivity index (χ2n) is 9.94. The lowest BCUT2D eigenvalue weighted by molar-refractivity contribution is 0.437. The number of nitrogens with zero attached hydrogens (tertiary/aromatic N) is 3. The summed E-state index contributed by atoms with van der Waals surface area (Å²) in [6.07, 6.45) is 12.7. The van der Waals surface area contributed by atoms with Crippen LogP contribution in [0.4, 0.5) is 0 Å². The van der Waals surface area contributed by atoms with E-state index in [2.05, 4.69) is 126 Å². The maximum Gasteiger partial charge on any atom is 0.454 e. The molecular formula is C24H34BN3Si2. The van der Waals surface area contributed by atoms with Crippen LogP contribution in [0.3, 0.4) is 0 Å². The van der Waals surface area contributed by atoms with Gasteiger partial charge in [-0.15, -0.1) is 0 Å². The van der Waals surface area contributed by atoms with Crippen LogP contribution in [0.15, 0.2) is 89.6 Å². The van der Waals surface area contributed by atoms with E-state index in [1.807, 2.05) is 12.2 Å². The van der Waals surface area contributed by atoms with Crippen LogP contribution in [0.5, 0.6) is 0 Å². The fourth-order valence-corrected chi connectivity index (χ4v) is 7.92. The lowest BCUT2D eigenvalue weighted by atomic mass is 9.88. The topological polar surface area (TPSA) is 9.72 Å². The summed E-state index contributed by atoms with van der Waals surface area (Å²) in [6, 6.07) is 10.8. The molecule has 3 nitrogen and oxygen atoms in total. The lowest BCUT2D eigenvalue weighted by Gasteiger charge is -2.52. The summed E-state index contributed by atoms with van der Waals surface area (Å²) < 4.78 is 5.30. The first-order valence-electron chi connectivity index (χ1n) is 10.7. The van der Waals surface area contributed by atoms with Crippen LogP contribution in [0.2, 0.25) is 39.3 Å². The Hall–Kier alpha value is -2.20. The minimum absolute atomic E-state index is 0.0980. The van der Waals surface area contributed by atoms with Gasteiger partial charge in [0.25, 0.3) is 0 Å². The Morgan fingerprint density at radius 2 is 1.23 bits per heavy atom. The van der Waals surface area contributed by atoms with Crippen molar-refractivity contribution in [3.63, 3.8) is 0 Å². The predicted octanol–water partition coefficient (Wildman–Crippen LogP) is 5.59. The van der Waals surface area contributed by atoms with Gasteiger partial charge in [0.1, 0.15) is 16.5 Å². The Kier molecular flexibility index (Phi) is 6.66. The molecule has 0 amide bonds. The zero-order valence-electron chi connectivity index (χ0n) is 19.5. The molecule has 0 bridgehead atoms. The number of allylic oxidation sites excluding steroid dienone is 4. The zero-order valence-corrected chi connectivity index (χ0v) is 21.5. The van der Waals surface area contributed by atoms with E-state index in [4.69, 9.17) is 0 Å². The smallest absolute Gasteiger partial charge is 0.404 e. The molecule has 0 N–H and O–H groups in total. The molecule has 0 saturated carbocycles. The van der Waals surface area contributed by atoms with Crippen LogP contribution >= 0.6 is 0 Å². The molecule has 0 atom stereocenters. The van der Waals surface area contributed by atoms with E-state index in [0.717, 1.165) is 6.54 Å². The highest BCUT2D eigenvalue weighted by atomic mass is 28.3. The highest BCUT2D eigenvalue weighted by Gasteiger charge is 2.47. The molecule has 0 saturated heterocycles. The first-order chi connectivity index (χ1) is 14.1. The number of hydrogen-bond acceptors (Lipinski definition) is 3. The molecule has 1 aromatic carbocycles. The molecule has 0 unspecified atom stereocenters. The third-order valence-electron chi connectivity index (χ3n) is 5.26. The van der Waals surface area contributed by atoms with Crippen molar-refractivity contribution >= 4 is 23.6 Å². The molecule has 0 aliphatic heterocycles. The van der Waals surface area contributed by atoms with Crippen molar-refractivity contribution < 1.29 is 0 Å². The van der Waals surface area contributed by atoms with Crippen LogP contribution in [-0.4, -0.2) is 44.4 Å². The Labute approximate surface area is 185 Å². The summed E-state index contributed by atoms with van der Waals surface area (Å²) >= 11 is 0. The molecule has 30 heavy (non-hydrogen) atoms. The quantitative estimate of drug-likeness (QED) is 0.373. The van der Waals surface area contributed by atoms with E-state index in [9.17, 15) is 0 Å². The molecule has 3 rings (SSSR count). The van der Waals surface area contributed by atoms with Crippen molar-refractivity contribution in [2.45, 2.75) is 45.8 Å². The lowest BCUT2D eigenvalue weighted by Crippen LogP contribution is -2.71. The van der Waals surface area contributed by atoms with Gasteiger partial charge in [-0.25, -0.2) is 0 Å². The van der Waals surface area contributed by atoms with Gasteiger partial charge in [-0.05, 0) is 36.9 Å². The Balaban J connectivity index is 2.13. The molecular weight excluding hydrogens is 397 g/mol. The second kappa shape index (κ2) is 8.89. The largest absolute Gasteiger partial charge is 0.454 e. The van der Waals surface area contributed by atoms with Crippen molar-refractivity contribution in [3.05, 3.63) is 95.2 Å². The molecule has 156 valence electrons. The van der Waals surface area contributed by atoms with Gasteiger partial charge in [-0.2, -0.15) is 0 Å². The standard InChI is InChI=1S/C24H34BN3Si2/c1-26(21-22-15-9-8-10-16-22)25(27(29(2,3)4)23-17-11-12-18-23)28(30(5,6)7)24-19-13-14-20-24/h8-17,19H,21H2,1-7H3. The number of hydrogen-bond donors (Lipinski definition) is 0. The molecule has 1 aromatic rings. The minimum atomic E-state index is -1.76. The first-order valence-corrected chi connectivity index (χ1v) is 17.6. The highest BCUT2D eigenvalue weighted by Crippen LogP contribution is 2.30. The van der Waals surface area contributed by atoms with E-state index >= 15 is 0 Å². The molecule has 6 heteroatoms. The summed E-state index contributed by atoms with van der Waals surface area (Å²) in [6.45, 7) is 15.4. The van der Waals surface area contributed by atoms with Crippen molar-refractivity contribution in [1.82, 2.24) is 13.8 Å². The minimum Gasteiger partial charge on any atom is -0.404 e. The molecule has 2 aliphatic carbocycles. The van der Waals surface area contributed by atoms with Gasteiger partial charge in [0.15, 0.2) is 0 Å². The van der Waals surface area contributed by atoms with Crippen LogP contribution in [0, 0.1) is 0 Å². The number of benzene rings is 1. The molecule has 0 spiro atoms. The molecule has 2 aliphatic rings. The fraction of sp³-hybridized carbons (Fsp3) is 0.333. The van der Waals surface area contributed by atoms with Gasteiger partial charge < -0.3 is 13.8 Å². The van der Waals surface area contributed by atoms with Crippen LogP contribution < -0.4 is 0 Å². The van der Waals surface area contributed by atoms with E-state index < -0.39 is 16.5 Å². The summed E-state index contributed by atoms with van der Waals surface area (Å²) in [4.78, 5) is 2.49. The van der Waals surface area contributed by atoms with Gasteiger partial charge in [-0.1, -0.05) is 93.2 Å². The number of rotatable bonds is 9. The van der Waals surface area contributed by atoms with E-state index in [1.165, 1.54) is 17.0 Å². The summed E-state index contributed by atoms with van der Waals surface area (Å²) in [7, 11) is -1.17. The molecule has 0 heterocycles. The van der Waals surface area contributed by atoms with Crippen molar-refractivity contribution in [3.8, 4) is 0 Å². The SMILES string of the molecule is CN(Cc1ccccc1)B(N(C1=C=CC=C1)[Si](C)(C)C)N(C1=C=CC=C1)[Si](C)(C)C. The van der Waals surface area contributed by atoms with Crippen LogP contribution in [0.1, 0.15) is 5.56 Å². The summed E-state index contributed by atoms with van der Waals surface area (Å²) in [5.74, 6) is 0.